The van der Waals surface area contributed by atoms with Crippen LogP contribution in [0.5, 0.6) is 0 Å². The highest BCUT2D eigenvalue weighted by Crippen LogP contribution is 2.44. The van der Waals surface area contributed by atoms with Crippen LogP contribution in [0.15, 0.2) is 36.5 Å². The average Bonchev–Trinajstić information content (AvgIpc) is 3.37. The van der Waals surface area contributed by atoms with Gasteiger partial charge in [0.05, 0.1) is 40.5 Å². The number of rotatable bonds is 6. The molecule has 2 aromatic heterocycles. The second-order valence-electron chi connectivity index (χ2n) is 13.3. The number of aromatic nitrogens is 2. The van der Waals surface area contributed by atoms with Gasteiger partial charge in [-0.15, -0.1) is 0 Å². The molecular weight excluding hydrogens is 631 g/mol. The van der Waals surface area contributed by atoms with Crippen LogP contribution in [0.2, 0.25) is 0 Å². The third-order valence-electron chi connectivity index (χ3n) is 8.59. The van der Waals surface area contributed by atoms with Crippen molar-refractivity contribution in [2.24, 2.45) is 5.92 Å². The molecule has 0 saturated carbocycles. The number of anilines is 2. The maximum atomic E-state index is 14.8. The number of carbonyl (C=O) groups is 3. The quantitative estimate of drug-likeness (QED) is 0.292. The van der Waals surface area contributed by atoms with Crippen molar-refractivity contribution in [2.45, 2.75) is 77.7 Å². The van der Waals surface area contributed by atoms with Crippen molar-refractivity contribution in [3.8, 4) is 11.3 Å². The number of nitrogens with one attached hydrogen (secondary N) is 2. The normalized spacial score (nSPS) is 22.1. The average molecular weight is 670 g/mol. The fraction of sp³-hybridized carbons (Fsp3) is 0.441. The summed E-state index contributed by atoms with van der Waals surface area (Å²) in [5.74, 6) is -4.81. The van der Waals surface area contributed by atoms with Gasteiger partial charge < -0.3 is 30.1 Å². The van der Waals surface area contributed by atoms with Crippen molar-refractivity contribution >= 4 is 29.3 Å². The van der Waals surface area contributed by atoms with E-state index in [9.17, 15) is 32.7 Å². The van der Waals surface area contributed by atoms with Crippen molar-refractivity contribution in [1.29, 1.82) is 0 Å². The van der Waals surface area contributed by atoms with Crippen LogP contribution in [-0.2, 0) is 20.7 Å². The standard InChI is InChI=1S/C34H38F3N5O6/c1-17-15-42(16-26(34(17,6)46)41-32(45)48-33(3,4)5)30-19-10-13-25(47-18(2)43)28(19)38-14-24(30)40-31(44)23-12-11-22(37)29(39-23)27-20(35)8-7-9-21(27)36/h7-9,11-12,14,17,25-26,46H,10,13,15-16H2,1-6H3,(H,40,44)(H,41,45)/t17-,25?,26?,34?/m0/s1. The van der Waals surface area contributed by atoms with Crippen LogP contribution in [-0.4, -0.2) is 63.4 Å². The van der Waals surface area contributed by atoms with Gasteiger partial charge in [0.15, 0.2) is 0 Å². The molecule has 5 rings (SSSR count). The zero-order valence-corrected chi connectivity index (χ0v) is 27.5. The Morgan fingerprint density at radius 2 is 1.75 bits per heavy atom. The van der Waals surface area contributed by atoms with Gasteiger partial charge >= 0.3 is 12.1 Å². The number of piperidine rings is 1. The molecule has 1 aliphatic carbocycles. The number of aliphatic hydroxyl groups is 1. The minimum absolute atomic E-state index is 0.0969. The minimum Gasteiger partial charge on any atom is -0.456 e. The van der Waals surface area contributed by atoms with E-state index < -0.39 is 75.9 Å². The van der Waals surface area contributed by atoms with Gasteiger partial charge in [-0.25, -0.2) is 22.9 Å². The van der Waals surface area contributed by atoms with Crippen LogP contribution in [0.3, 0.4) is 0 Å². The molecule has 0 radical (unpaired) electrons. The monoisotopic (exact) mass is 669 g/mol. The number of amides is 2. The Bertz CT molecular complexity index is 1740. The number of carbonyl (C=O) groups excluding carboxylic acids is 3. The largest absolute Gasteiger partial charge is 0.456 e. The fourth-order valence-corrected chi connectivity index (χ4v) is 6.08. The second kappa shape index (κ2) is 13.1. The highest BCUT2D eigenvalue weighted by atomic mass is 19.1. The lowest BCUT2D eigenvalue weighted by Gasteiger charge is -2.48. The molecule has 3 N–H and O–H groups in total. The molecule has 3 aromatic rings. The molecule has 256 valence electrons. The van der Waals surface area contributed by atoms with E-state index in [1.807, 2.05) is 11.8 Å². The first-order valence-corrected chi connectivity index (χ1v) is 15.5. The molecule has 1 aliphatic heterocycles. The number of halogens is 3. The topological polar surface area (TPSA) is 143 Å². The fourth-order valence-electron chi connectivity index (χ4n) is 6.08. The molecule has 1 fully saturated rings. The molecule has 3 unspecified atom stereocenters. The summed E-state index contributed by atoms with van der Waals surface area (Å²) in [4.78, 5) is 48.7. The van der Waals surface area contributed by atoms with Crippen LogP contribution in [0.1, 0.15) is 75.8 Å². The first-order chi connectivity index (χ1) is 22.5. The van der Waals surface area contributed by atoms with E-state index in [1.54, 1.807) is 27.7 Å². The molecule has 2 amide bonds. The third-order valence-corrected chi connectivity index (χ3v) is 8.59. The van der Waals surface area contributed by atoms with E-state index in [2.05, 4.69) is 20.6 Å². The Morgan fingerprint density at radius 1 is 1.06 bits per heavy atom. The number of hydrogen-bond acceptors (Lipinski definition) is 9. The summed E-state index contributed by atoms with van der Waals surface area (Å²) in [5, 5.41) is 17.0. The molecule has 11 nitrogen and oxygen atoms in total. The summed E-state index contributed by atoms with van der Waals surface area (Å²) in [6, 6.07) is 4.22. The number of nitrogens with zero attached hydrogens (tertiary/aromatic N) is 3. The van der Waals surface area contributed by atoms with Gasteiger partial charge in [-0.3, -0.25) is 14.6 Å². The van der Waals surface area contributed by atoms with Gasteiger partial charge in [0, 0.05) is 31.5 Å². The summed E-state index contributed by atoms with van der Waals surface area (Å²) in [6.45, 7) is 10.3. The van der Waals surface area contributed by atoms with Crippen LogP contribution < -0.4 is 15.5 Å². The summed E-state index contributed by atoms with van der Waals surface area (Å²) in [7, 11) is 0. The minimum atomic E-state index is -1.34. The van der Waals surface area contributed by atoms with E-state index in [0.717, 1.165) is 30.3 Å². The van der Waals surface area contributed by atoms with E-state index in [1.165, 1.54) is 13.1 Å². The van der Waals surface area contributed by atoms with Crippen molar-refractivity contribution < 1.29 is 42.1 Å². The number of pyridine rings is 2. The summed E-state index contributed by atoms with van der Waals surface area (Å²) >= 11 is 0. The third kappa shape index (κ3) is 7.08. The van der Waals surface area contributed by atoms with Crippen LogP contribution in [0, 0.1) is 23.4 Å². The van der Waals surface area contributed by atoms with Gasteiger partial charge in [0.2, 0.25) is 0 Å². The van der Waals surface area contributed by atoms with Gasteiger partial charge in [-0.05, 0) is 64.8 Å². The lowest BCUT2D eigenvalue weighted by atomic mass is 9.79. The lowest BCUT2D eigenvalue weighted by molar-refractivity contribution is -0.146. The van der Waals surface area contributed by atoms with E-state index in [-0.39, 0.29) is 17.9 Å². The van der Waals surface area contributed by atoms with Gasteiger partial charge in [0.25, 0.3) is 5.91 Å². The Morgan fingerprint density at radius 3 is 2.40 bits per heavy atom. The van der Waals surface area contributed by atoms with E-state index in [0.29, 0.717) is 36.3 Å². The van der Waals surface area contributed by atoms with Crippen molar-refractivity contribution in [3.05, 3.63) is 70.9 Å². The maximum absolute atomic E-state index is 14.8. The first-order valence-electron chi connectivity index (χ1n) is 15.5. The van der Waals surface area contributed by atoms with E-state index >= 15 is 0 Å². The number of ether oxygens (including phenoxy) is 2. The number of esters is 1. The Hall–Kier alpha value is -4.72. The van der Waals surface area contributed by atoms with Crippen LogP contribution in [0.4, 0.5) is 29.3 Å². The Kier molecular flexibility index (Phi) is 9.42. The summed E-state index contributed by atoms with van der Waals surface area (Å²) in [6.07, 6.45) is 0.914. The smallest absolute Gasteiger partial charge is 0.408 e. The second-order valence-corrected chi connectivity index (χ2v) is 13.3. The summed E-state index contributed by atoms with van der Waals surface area (Å²) < 4.78 is 54.8. The van der Waals surface area contributed by atoms with Gasteiger partial charge in [-0.2, -0.15) is 0 Å². The van der Waals surface area contributed by atoms with Crippen molar-refractivity contribution in [2.75, 3.05) is 23.3 Å². The number of fused-ring (bicyclic) bond motifs is 1. The molecule has 1 aromatic carbocycles. The zero-order valence-electron chi connectivity index (χ0n) is 27.5. The van der Waals surface area contributed by atoms with Crippen LogP contribution >= 0.6 is 0 Å². The predicted octanol–water partition coefficient (Wildman–Crippen LogP) is 5.46. The lowest BCUT2D eigenvalue weighted by Crippen LogP contribution is -2.65. The zero-order chi connectivity index (χ0) is 35.1. The molecule has 14 heteroatoms. The SMILES string of the molecule is CC(=O)OC1CCc2c1ncc(NC(=O)c1ccc(F)c(-c3c(F)cccc3F)n1)c2N1CC(NC(=O)OC(C)(C)C)C(C)(O)[C@@H](C)C1. The predicted molar refractivity (Wildman–Crippen MR) is 170 cm³/mol. The molecular formula is C34H38F3N5O6. The number of benzene rings is 1. The Balaban J connectivity index is 1.53. The van der Waals surface area contributed by atoms with Crippen molar-refractivity contribution in [1.82, 2.24) is 15.3 Å². The van der Waals surface area contributed by atoms with Gasteiger partial charge in [-0.1, -0.05) is 13.0 Å². The molecule has 0 bridgehead atoms. The molecule has 48 heavy (non-hydrogen) atoms. The molecule has 2 aliphatic rings. The highest BCUT2D eigenvalue weighted by molar-refractivity contribution is 6.05. The molecule has 3 heterocycles. The Labute approximate surface area is 275 Å². The summed E-state index contributed by atoms with van der Waals surface area (Å²) in [5.41, 5.74) is -1.90. The van der Waals surface area contributed by atoms with E-state index in [4.69, 9.17) is 9.47 Å². The van der Waals surface area contributed by atoms with Gasteiger partial charge in [0.1, 0.15) is 40.5 Å². The highest BCUT2D eigenvalue weighted by Gasteiger charge is 2.46. The first kappa shape index (κ1) is 34.6. The number of alkyl carbamates (subject to hydrolysis) is 1. The van der Waals surface area contributed by atoms with Crippen LogP contribution in [0.25, 0.3) is 11.3 Å². The molecule has 0 spiro atoms. The maximum Gasteiger partial charge on any atom is 0.408 e. The molecule has 1 saturated heterocycles. The number of hydrogen-bond donors (Lipinski definition) is 3. The van der Waals surface area contributed by atoms with Crippen molar-refractivity contribution in [3.63, 3.8) is 0 Å². The molecule has 4 atom stereocenters.